The van der Waals surface area contributed by atoms with Gasteiger partial charge in [0.15, 0.2) is 0 Å². The van der Waals surface area contributed by atoms with E-state index in [1.165, 1.54) is 25.7 Å². The Morgan fingerprint density at radius 2 is 1.88 bits per heavy atom. The van der Waals surface area contributed by atoms with Crippen molar-refractivity contribution >= 4 is 0 Å². The van der Waals surface area contributed by atoms with Gasteiger partial charge in [0.1, 0.15) is 0 Å². The molecule has 0 heterocycles. The van der Waals surface area contributed by atoms with Crippen LogP contribution >= 0.6 is 0 Å². The van der Waals surface area contributed by atoms with Crippen LogP contribution in [-0.4, -0.2) is 17.3 Å². The summed E-state index contributed by atoms with van der Waals surface area (Å²) < 4.78 is 0. The van der Waals surface area contributed by atoms with Crippen LogP contribution in [0.5, 0.6) is 0 Å². The maximum atomic E-state index is 10.7. The summed E-state index contributed by atoms with van der Waals surface area (Å²) in [7, 11) is 0. The minimum Gasteiger partial charge on any atom is -0.390 e. The molecular formula is C15H27NO. The minimum atomic E-state index is -0.483. The molecule has 6 atom stereocenters. The number of hydrogen-bond acceptors (Lipinski definition) is 2. The molecule has 0 radical (unpaired) electrons. The van der Waals surface area contributed by atoms with Crippen molar-refractivity contribution in [3.63, 3.8) is 0 Å². The van der Waals surface area contributed by atoms with Crippen LogP contribution in [0.25, 0.3) is 0 Å². The lowest BCUT2D eigenvalue weighted by molar-refractivity contribution is -0.0734. The fourth-order valence-corrected chi connectivity index (χ4v) is 5.92. The molecule has 17 heavy (non-hydrogen) atoms. The van der Waals surface area contributed by atoms with Crippen molar-refractivity contribution in [2.24, 2.45) is 34.3 Å². The van der Waals surface area contributed by atoms with E-state index in [2.05, 4.69) is 13.8 Å². The second-order valence-corrected chi connectivity index (χ2v) is 7.59. The van der Waals surface area contributed by atoms with E-state index in [1.54, 1.807) is 0 Å². The van der Waals surface area contributed by atoms with Gasteiger partial charge in [0.05, 0.1) is 5.60 Å². The summed E-state index contributed by atoms with van der Waals surface area (Å²) in [4.78, 5) is 0. The lowest BCUT2D eigenvalue weighted by atomic mass is 9.64. The van der Waals surface area contributed by atoms with Crippen LogP contribution in [0.3, 0.4) is 0 Å². The standard InChI is InChI=1S/C15H27NO/c1-10-4-5-11-13(2,9-16)12-8-15(10,11)7-6-14(12,3)17/h10-12,17H,4-9,16H2,1-3H3/t10-,11-,12+,13-,14-,15+/m1/s1. The molecule has 0 unspecified atom stereocenters. The highest BCUT2D eigenvalue weighted by Gasteiger charge is 2.68. The lowest BCUT2D eigenvalue weighted by Gasteiger charge is -2.44. The summed E-state index contributed by atoms with van der Waals surface area (Å²) in [6.07, 6.45) is 6.13. The van der Waals surface area contributed by atoms with Crippen LogP contribution in [0.4, 0.5) is 0 Å². The monoisotopic (exact) mass is 237 g/mol. The van der Waals surface area contributed by atoms with Crippen LogP contribution in [0.2, 0.25) is 0 Å². The van der Waals surface area contributed by atoms with Gasteiger partial charge in [-0.2, -0.15) is 0 Å². The van der Waals surface area contributed by atoms with Gasteiger partial charge in [-0.05, 0) is 74.2 Å². The Labute approximate surface area is 105 Å². The van der Waals surface area contributed by atoms with Crippen molar-refractivity contribution in [3.05, 3.63) is 0 Å². The molecule has 2 bridgehead atoms. The highest BCUT2D eigenvalue weighted by Crippen LogP contribution is 2.72. The number of fused-ring (bicyclic) bond motifs is 1. The minimum absolute atomic E-state index is 0.171. The third-order valence-electron chi connectivity index (χ3n) is 7.03. The zero-order chi connectivity index (χ0) is 12.5. The van der Waals surface area contributed by atoms with E-state index in [0.717, 1.165) is 24.8 Å². The van der Waals surface area contributed by atoms with Crippen molar-refractivity contribution in [2.75, 3.05) is 6.54 Å². The van der Waals surface area contributed by atoms with E-state index in [1.807, 2.05) is 6.92 Å². The zero-order valence-corrected chi connectivity index (χ0v) is 11.5. The predicted octanol–water partition coefficient (Wildman–Crippen LogP) is 2.55. The van der Waals surface area contributed by atoms with E-state index in [4.69, 9.17) is 5.73 Å². The molecule has 3 fully saturated rings. The first-order chi connectivity index (χ1) is 7.87. The molecule has 0 aromatic carbocycles. The predicted molar refractivity (Wildman–Crippen MR) is 69.4 cm³/mol. The first-order valence-electron chi connectivity index (χ1n) is 7.29. The van der Waals surface area contributed by atoms with E-state index < -0.39 is 5.60 Å². The molecule has 0 aliphatic heterocycles. The van der Waals surface area contributed by atoms with Gasteiger partial charge in [0.25, 0.3) is 0 Å². The van der Waals surface area contributed by atoms with Gasteiger partial charge in [-0.15, -0.1) is 0 Å². The molecule has 2 heteroatoms. The van der Waals surface area contributed by atoms with Gasteiger partial charge in [0.2, 0.25) is 0 Å². The Hall–Kier alpha value is -0.0800. The van der Waals surface area contributed by atoms with Gasteiger partial charge in [0, 0.05) is 0 Å². The Morgan fingerprint density at radius 3 is 2.53 bits per heavy atom. The first-order valence-corrected chi connectivity index (χ1v) is 7.29. The lowest BCUT2D eigenvalue weighted by Crippen LogP contribution is -2.47. The molecular weight excluding hydrogens is 210 g/mol. The number of aliphatic hydroxyl groups is 1. The molecule has 3 aliphatic rings. The SMILES string of the molecule is C[C@@H]1CC[C@@H]2[C@@](C)(CN)[C@@H]3C[C@@]12CC[C@@]3(C)O. The van der Waals surface area contributed by atoms with Crippen molar-refractivity contribution < 1.29 is 5.11 Å². The van der Waals surface area contributed by atoms with Gasteiger partial charge in [-0.25, -0.2) is 0 Å². The topological polar surface area (TPSA) is 46.2 Å². The Morgan fingerprint density at radius 1 is 1.18 bits per heavy atom. The molecule has 3 saturated carbocycles. The molecule has 3 N–H and O–H groups in total. The van der Waals surface area contributed by atoms with Crippen LogP contribution in [-0.2, 0) is 0 Å². The fraction of sp³-hybridized carbons (Fsp3) is 1.00. The molecule has 98 valence electrons. The molecule has 0 aromatic heterocycles. The average Bonchev–Trinajstić information content (AvgIpc) is 2.71. The van der Waals surface area contributed by atoms with E-state index in [-0.39, 0.29) is 5.41 Å². The maximum absolute atomic E-state index is 10.7. The third-order valence-corrected chi connectivity index (χ3v) is 7.03. The van der Waals surface area contributed by atoms with E-state index in [9.17, 15) is 5.11 Å². The number of hydrogen-bond donors (Lipinski definition) is 2. The summed E-state index contributed by atoms with van der Waals surface area (Å²) >= 11 is 0. The largest absolute Gasteiger partial charge is 0.390 e. The van der Waals surface area contributed by atoms with Crippen LogP contribution in [0, 0.1) is 28.6 Å². The highest BCUT2D eigenvalue weighted by molar-refractivity contribution is 5.18. The van der Waals surface area contributed by atoms with Gasteiger partial charge in [-0.1, -0.05) is 13.8 Å². The summed E-state index contributed by atoms with van der Waals surface area (Å²) in [6.45, 7) is 7.57. The van der Waals surface area contributed by atoms with Crippen LogP contribution in [0.15, 0.2) is 0 Å². The average molecular weight is 237 g/mol. The summed E-state index contributed by atoms with van der Waals surface area (Å²) in [6, 6.07) is 0. The summed E-state index contributed by atoms with van der Waals surface area (Å²) in [5.74, 6) is 2.01. The molecule has 0 saturated heterocycles. The smallest absolute Gasteiger partial charge is 0.0654 e. The molecule has 2 nitrogen and oxygen atoms in total. The summed E-state index contributed by atoms with van der Waals surface area (Å²) in [5, 5.41) is 10.7. The first kappa shape index (κ1) is 12.0. The fourth-order valence-electron chi connectivity index (χ4n) is 5.92. The second-order valence-electron chi connectivity index (χ2n) is 7.59. The van der Waals surface area contributed by atoms with Crippen LogP contribution < -0.4 is 5.73 Å². The molecule has 0 aromatic rings. The highest BCUT2D eigenvalue weighted by atomic mass is 16.3. The maximum Gasteiger partial charge on any atom is 0.0654 e. The summed E-state index contributed by atoms with van der Waals surface area (Å²) in [5.41, 5.74) is 6.34. The second kappa shape index (κ2) is 3.27. The van der Waals surface area contributed by atoms with E-state index in [0.29, 0.717) is 11.3 Å². The van der Waals surface area contributed by atoms with Crippen molar-refractivity contribution in [1.82, 2.24) is 0 Å². The third kappa shape index (κ3) is 1.24. The normalized spacial score (nSPS) is 61.6. The van der Waals surface area contributed by atoms with Crippen molar-refractivity contribution in [3.8, 4) is 0 Å². The number of rotatable bonds is 1. The van der Waals surface area contributed by atoms with Gasteiger partial charge < -0.3 is 10.8 Å². The Balaban J connectivity index is 2.08. The molecule has 3 aliphatic carbocycles. The quantitative estimate of drug-likeness (QED) is 0.736. The molecule has 3 rings (SSSR count). The van der Waals surface area contributed by atoms with Crippen molar-refractivity contribution in [1.29, 1.82) is 0 Å². The molecule has 0 amide bonds. The Kier molecular flexibility index (Phi) is 2.30. The zero-order valence-electron chi connectivity index (χ0n) is 11.5. The Bertz CT molecular complexity index is 336. The van der Waals surface area contributed by atoms with Gasteiger partial charge in [-0.3, -0.25) is 0 Å². The van der Waals surface area contributed by atoms with Crippen LogP contribution in [0.1, 0.15) is 52.9 Å². The molecule has 1 spiro atoms. The number of nitrogens with two attached hydrogens (primary N) is 1. The van der Waals surface area contributed by atoms with E-state index >= 15 is 0 Å². The van der Waals surface area contributed by atoms with Gasteiger partial charge >= 0.3 is 0 Å². The van der Waals surface area contributed by atoms with Crippen molar-refractivity contribution in [2.45, 2.75) is 58.5 Å².